The molecule has 0 aromatic rings. The fourth-order valence-electron chi connectivity index (χ4n) is 0.976. The first-order valence-electron chi connectivity index (χ1n) is 4.13. The molecule has 1 rings (SSSR count). The normalized spacial score (nSPS) is 15.6. The molecule has 0 aromatic carbocycles. The number of carbonyl (C=O) groups excluding carboxylic acids is 2. The van der Waals surface area contributed by atoms with Crippen LogP contribution in [0.5, 0.6) is 0 Å². The third-order valence-electron chi connectivity index (χ3n) is 1.41. The van der Waals surface area contributed by atoms with Gasteiger partial charge in [0.15, 0.2) is 12.4 Å². The van der Waals surface area contributed by atoms with Crippen LogP contribution in [0, 0.1) is 0 Å². The summed E-state index contributed by atoms with van der Waals surface area (Å²) in [6.07, 6.45) is 1.25. The van der Waals surface area contributed by atoms with E-state index in [0.717, 1.165) is 0 Å². The van der Waals surface area contributed by atoms with Crippen LogP contribution in [0.3, 0.4) is 0 Å². The number of ether oxygens (including phenoxy) is 2. The largest absolute Gasteiger partial charge is 0.489 e. The van der Waals surface area contributed by atoms with Gasteiger partial charge in [-0.2, -0.15) is 0 Å². The van der Waals surface area contributed by atoms with E-state index in [2.05, 4.69) is 0 Å². The summed E-state index contributed by atoms with van der Waals surface area (Å²) in [7, 11) is 0. The van der Waals surface area contributed by atoms with Crippen LogP contribution in [0.1, 0.15) is 20.3 Å². The molecule has 13 heavy (non-hydrogen) atoms. The lowest BCUT2D eigenvalue weighted by atomic mass is 10.3. The fraction of sp³-hybridized carbons (Fsp3) is 0.556. The zero-order valence-corrected chi connectivity index (χ0v) is 7.70. The van der Waals surface area contributed by atoms with Gasteiger partial charge in [-0.25, -0.2) is 0 Å². The SMILES string of the molecule is CC(C)OC(=O)CC1=CC(=O)CO1. The van der Waals surface area contributed by atoms with Crippen LogP contribution in [0.15, 0.2) is 11.8 Å². The summed E-state index contributed by atoms with van der Waals surface area (Å²) in [6, 6.07) is 0. The molecule has 0 amide bonds. The maximum absolute atomic E-state index is 11.1. The van der Waals surface area contributed by atoms with Gasteiger partial charge < -0.3 is 9.47 Å². The molecule has 0 radical (unpaired) electrons. The molecule has 0 unspecified atom stereocenters. The molecule has 0 aromatic heterocycles. The predicted molar refractivity (Wildman–Crippen MR) is 44.9 cm³/mol. The Morgan fingerprint density at radius 3 is 2.85 bits per heavy atom. The highest BCUT2D eigenvalue weighted by molar-refractivity contribution is 5.93. The van der Waals surface area contributed by atoms with Crippen molar-refractivity contribution in [3.8, 4) is 0 Å². The van der Waals surface area contributed by atoms with Crippen LogP contribution in [-0.4, -0.2) is 24.5 Å². The van der Waals surface area contributed by atoms with E-state index >= 15 is 0 Å². The molecule has 72 valence electrons. The fourth-order valence-corrected chi connectivity index (χ4v) is 0.976. The molecule has 0 bridgehead atoms. The number of ketones is 1. The van der Waals surface area contributed by atoms with Crippen LogP contribution in [0.2, 0.25) is 0 Å². The predicted octanol–water partition coefficient (Wildman–Crippen LogP) is 0.811. The van der Waals surface area contributed by atoms with Crippen molar-refractivity contribution in [2.75, 3.05) is 6.61 Å². The zero-order chi connectivity index (χ0) is 9.84. The molecule has 0 saturated heterocycles. The van der Waals surface area contributed by atoms with Crippen molar-refractivity contribution in [2.24, 2.45) is 0 Å². The number of hydrogen-bond acceptors (Lipinski definition) is 4. The van der Waals surface area contributed by atoms with Gasteiger partial charge in [0, 0.05) is 6.08 Å². The van der Waals surface area contributed by atoms with Gasteiger partial charge in [0.25, 0.3) is 0 Å². The van der Waals surface area contributed by atoms with Crippen molar-refractivity contribution in [1.82, 2.24) is 0 Å². The van der Waals surface area contributed by atoms with Crippen LogP contribution in [-0.2, 0) is 19.1 Å². The molecule has 0 spiro atoms. The number of carbonyl (C=O) groups is 2. The molecule has 0 fully saturated rings. The minimum absolute atomic E-state index is 0.0456. The van der Waals surface area contributed by atoms with E-state index in [1.165, 1.54) is 6.08 Å². The molecular formula is C9H12O4. The van der Waals surface area contributed by atoms with E-state index in [9.17, 15) is 9.59 Å². The molecule has 1 aliphatic rings. The second-order valence-electron chi connectivity index (χ2n) is 3.08. The van der Waals surface area contributed by atoms with E-state index in [0.29, 0.717) is 5.76 Å². The van der Waals surface area contributed by atoms with Gasteiger partial charge in [-0.05, 0) is 13.8 Å². The summed E-state index contributed by atoms with van der Waals surface area (Å²) in [5.41, 5.74) is 0. The summed E-state index contributed by atoms with van der Waals surface area (Å²) in [5.74, 6) is -0.0704. The Kier molecular flexibility index (Phi) is 3.06. The van der Waals surface area contributed by atoms with E-state index in [4.69, 9.17) is 9.47 Å². The lowest BCUT2D eigenvalue weighted by Crippen LogP contribution is -2.11. The van der Waals surface area contributed by atoms with Gasteiger partial charge in [-0.15, -0.1) is 0 Å². The minimum atomic E-state index is -0.365. The highest BCUT2D eigenvalue weighted by atomic mass is 16.5. The molecule has 0 saturated carbocycles. The second kappa shape index (κ2) is 4.07. The first-order chi connectivity index (χ1) is 6.08. The summed E-state index contributed by atoms with van der Waals surface area (Å²) in [4.78, 5) is 21.8. The van der Waals surface area contributed by atoms with E-state index in [-0.39, 0.29) is 30.9 Å². The maximum Gasteiger partial charge on any atom is 0.313 e. The topological polar surface area (TPSA) is 52.6 Å². The third-order valence-corrected chi connectivity index (χ3v) is 1.41. The lowest BCUT2D eigenvalue weighted by molar-refractivity contribution is -0.147. The second-order valence-corrected chi connectivity index (χ2v) is 3.08. The summed E-state index contributed by atoms with van der Waals surface area (Å²) in [5, 5.41) is 0. The Balaban J connectivity index is 2.37. The molecule has 0 aliphatic carbocycles. The highest BCUT2D eigenvalue weighted by Gasteiger charge is 2.17. The highest BCUT2D eigenvalue weighted by Crippen LogP contribution is 2.11. The molecule has 0 N–H and O–H groups in total. The van der Waals surface area contributed by atoms with Gasteiger partial charge >= 0.3 is 5.97 Å². The third kappa shape index (κ3) is 3.27. The Labute approximate surface area is 76.5 Å². The van der Waals surface area contributed by atoms with Crippen molar-refractivity contribution in [3.63, 3.8) is 0 Å². The van der Waals surface area contributed by atoms with Gasteiger partial charge in [-0.3, -0.25) is 9.59 Å². The molecule has 1 heterocycles. The number of esters is 1. The Morgan fingerprint density at radius 1 is 1.69 bits per heavy atom. The van der Waals surface area contributed by atoms with Crippen molar-refractivity contribution in [3.05, 3.63) is 11.8 Å². The van der Waals surface area contributed by atoms with Crippen molar-refractivity contribution in [1.29, 1.82) is 0 Å². The average molecular weight is 184 g/mol. The molecule has 4 heteroatoms. The average Bonchev–Trinajstić information content (AvgIpc) is 2.33. The Hall–Kier alpha value is -1.32. The maximum atomic E-state index is 11.1. The first kappa shape index (κ1) is 9.77. The lowest BCUT2D eigenvalue weighted by Gasteiger charge is -2.07. The van der Waals surface area contributed by atoms with Crippen LogP contribution >= 0.6 is 0 Å². The van der Waals surface area contributed by atoms with Gasteiger partial charge in [-0.1, -0.05) is 0 Å². The van der Waals surface area contributed by atoms with Gasteiger partial charge in [0.05, 0.1) is 6.10 Å². The summed E-state index contributed by atoms with van der Waals surface area (Å²) >= 11 is 0. The molecular weight excluding hydrogens is 172 g/mol. The zero-order valence-electron chi connectivity index (χ0n) is 7.70. The molecule has 4 nitrogen and oxygen atoms in total. The summed E-state index contributed by atoms with van der Waals surface area (Å²) in [6.45, 7) is 3.59. The van der Waals surface area contributed by atoms with Gasteiger partial charge in [0.2, 0.25) is 0 Å². The molecule has 1 aliphatic heterocycles. The van der Waals surface area contributed by atoms with Crippen molar-refractivity contribution in [2.45, 2.75) is 26.4 Å². The first-order valence-corrected chi connectivity index (χ1v) is 4.13. The molecule has 0 atom stereocenters. The van der Waals surface area contributed by atoms with E-state index < -0.39 is 0 Å². The quantitative estimate of drug-likeness (QED) is 0.609. The van der Waals surface area contributed by atoms with Crippen molar-refractivity contribution >= 4 is 11.8 Å². The van der Waals surface area contributed by atoms with Crippen LogP contribution in [0.4, 0.5) is 0 Å². The van der Waals surface area contributed by atoms with E-state index in [1.807, 2.05) is 0 Å². The Bertz CT molecular complexity index is 252. The van der Waals surface area contributed by atoms with E-state index in [1.54, 1.807) is 13.8 Å². The van der Waals surface area contributed by atoms with Crippen molar-refractivity contribution < 1.29 is 19.1 Å². The number of rotatable bonds is 3. The Morgan fingerprint density at radius 2 is 2.38 bits per heavy atom. The van der Waals surface area contributed by atoms with Crippen LogP contribution in [0.25, 0.3) is 0 Å². The standard InChI is InChI=1S/C9H12O4/c1-6(2)13-9(11)4-8-3-7(10)5-12-8/h3,6H,4-5H2,1-2H3. The van der Waals surface area contributed by atoms with Crippen LogP contribution < -0.4 is 0 Å². The summed E-state index contributed by atoms with van der Waals surface area (Å²) < 4.78 is 9.80. The number of hydrogen-bond donors (Lipinski definition) is 0. The minimum Gasteiger partial charge on any atom is -0.489 e. The van der Waals surface area contributed by atoms with Gasteiger partial charge in [0.1, 0.15) is 12.2 Å². The smallest absolute Gasteiger partial charge is 0.313 e. The monoisotopic (exact) mass is 184 g/mol.